The number of nitrogen functional groups attached to an aromatic ring is 1. The summed E-state index contributed by atoms with van der Waals surface area (Å²) >= 11 is 1.49. The zero-order valence-corrected chi connectivity index (χ0v) is 17.6. The number of nitrogens with zero attached hydrogens (tertiary/aromatic N) is 3. The van der Waals surface area contributed by atoms with Crippen molar-refractivity contribution >= 4 is 40.9 Å². The summed E-state index contributed by atoms with van der Waals surface area (Å²) in [6.45, 7) is 3.35. The van der Waals surface area contributed by atoms with Gasteiger partial charge in [-0.2, -0.15) is 0 Å². The highest BCUT2D eigenvalue weighted by molar-refractivity contribution is 7.98. The maximum absolute atomic E-state index is 13.0. The zero-order chi connectivity index (χ0) is 21.5. The highest BCUT2D eigenvalue weighted by Crippen LogP contribution is 2.28. The number of anilines is 3. The van der Waals surface area contributed by atoms with Crippen LogP contribution in [0.25, 0.3) is 0 Å². The number of hydrogen-bond acceptors (Lipinski definition) is 6. The second kappa shape index (κ2) is 9.93. The first-order valence-electron chi connectivity index (χ1n) is 9.53. The molecule has 1 heterocycles. The van der Waals surface area contributed by atoms with Crippen LogP contribution in [0.4, 0.5) is 17.3 Å². The fourth-order valence-corrected chi connectivity index (χ4v) is 3.90. The molecule has 1 aromatic heterocycles. The predicted octanol–water partition coefficient (Wildman–Crippen LogP) is 3.70. The van der Waals surface area contributed by atoms with Crippen LogP contribution < -0.4 is 16.4 Å². The summed E-state index contributed by atoms with van der Waals surface area (Å²) < 4.78 is 1.68. The van der Waals surface area contributed by atoms with Crippen molar-refractivity contribution in [2.75, 3.05) is 16.4 Å². The highest BCUT2D eigenvalue weighted by atomic mass is 32.2. The van der Waals surface area contributed by atoms with Crippen LogP contribution in [0, 0.1) is 0 Å². The molecule has 1 unspecified atom stereocenters. The van der Waals surface area contributed by atoms with E-state index in [2.05, 4.69) is 20.8 Å². The van der Waals surface area contributed by atoms with Crippen LogP contribution in [0.1, 0.15) is 31.9 Å². The molecular weight excluding hydrogens is 400 g/mol. The largest absolute Gasteiger partial charge is 0.368 e. The van der Waals surface area contributed by atoms with Gasteiger partial charge < -0.3 is 16.4 Å². The lowest BCUT2D eigenvalue weighted by Crippen LogP contribution is -2.27. The van der Waals surface area contributed by atoms with Gasteiger partial charge in [0.15, 0.2) is 5.16 Å². The van der Waals surface area contributed by atoms with Crippen molar-refractivity contribution in [3.05, 3.63) is 60.2 Å². The van der Waals surface area contributed by atoms with Crippen molar-refractivity contribution in [3.8, 4) is 0 Å². The standard InChI is InChI=1S/C21H24N6O2S/c1-3-18(19(29)24-17-11-9-16(10-12-17)23-14(2)28)27-20(22)25-26-21(27)30-13-15-7-5-4-6-8-15/h4-12,18H,3,13H2,1-2H3,(H2,22,25)(H,23,28)(H,24,29). The number of aromatic nitrogens is 3. The van der Waals surface area contributed by atoms with E-state index in [9.17, 15) is 9.59 Å². The molecule has 0 radical (unpaired) electrons. The van der Waals surface area contributed by atoms with Crippen LogP contribution in [0.3, 0.4) is 0 Å². The second-order valence-corrected chi connectivity index (χ2v) is 7.60. The number of carbonyl (C=O) groups is 2. The van der Waals surface area contributed by atoms with Crippen molar-refractivity contribution in [1.82, 2.24) is 14.8 Å². The Morgan fingerprint density at radius 2 is 1.67 bits per heavy atom. The van der Waals surface area contributed by atoms with E-state index in [1.807, 2.05) is 37.3 Å². The SMILES string of the molecule is CCC(C(=O)Nc1ccc(NC(C)=O)cc1)n1c(N)nnc1SCc1ccccc1. The van der Waals surface area contributed by atoms with Crippen molar-refractivity contribution in [1.29, 1.82) is 0 Å². The molecule has 0 saturated carbocycles. The molecule has 0 aliphatic rings. The fourth-order valence-electron chi connectivity index (χ4n) is 2.95. The van der Waals surface area contributed by atoms with E-state index in [0.717, 1.165) is 5.56 Å². The van der Waals surface area contributed by atoms with Crippen LogP contribution in [0.2, 0.25) is 0 Å². The van der Waals surface area contributed by atoms with Gasteiger partial charge in [-0.1, -0.05) is 49.0 Å². The Bertz CT molecular complexity index is 1000. The van der Waals surface area contributed by atoms with Gasteiger partial charge in [-0.3, -0.25) is 14.2 Å². The van der Waals surface area contributed by atoms with Crippen LogP contribution in [-0.4, -0.2) is 26.6 Å². The second-order valence-electron chi connectivity index (χ2n) is 6.66. The molecule has 0 aliphatic carbocycles. The lowest BCUT2D eigenvalue weighted by Gasteiger charge is -2.19. The minimum atomic E-state index is -0.548. The summed E-state index contributed by atoms with van der Waals surface area (Å²) in [5.41, 5.74) is 8.47. The van der Waals surface area contributed by atoms with E-state index in [1.54, 1.807) is 28.8 Å². The van der Waals surface area contributed by atoms with Gasteiger partial charge in [-0.25, -0.2) is 0 Å². The van der Waals surface area contributed by atoms with Gasteiger partial charge in [0.2, 0.25) is 17.8 Å². The Morgan fingerprint density at radius 1 is 1.03 bits per heavy atom. The van der Waals surface area contributed by atoms with Gasteiger partial charge in [-0.05, 0) is 36.2 Å². The maximum Gasteiger partial charge on any atom is 0.247 e. The lowest BCUT2D eigenvalue weighted by molar-refractivity contribution is -0.119. The number of benzene rings is 2. The lowest BCUT2D eigenvalue weighted by atomic mass is 10.2. The van der Waals surface area contributed by atoms with Crippen LogP contribution in [-0.2, 0) is 15.3 Å². The quantitative estimate of drug-likeness (QED) is 0.475. The van der Waals surface area contributed by atoms with E-state index >= 15 is 0 Å². The van der Waals surface area contributed by atoms with Gasteiger partial charge >= 0.3 is 0 Å². The van der Waals surface area contributed by atoms with E-state index in [0.29, 0.717) is 28.7 Å². The summed E-state index contributed by atoms with van der Waals surface area (Å²) in [4.78, 5) is 24.1. The summed E-state index contributed by atoms with van der Waals surface area (Å²) in [5, 5.41) is 14.3. The third kappa shape index (κ3) is 5.38. The Balaban J connectivity index is 1.72. The number of carbonyl (C=O) groups excluding carboxylic acids is 2. The molecule has 4 N–H and O–H groups in total. The Kier molecular flexibility index (Phi) is 7.08. The third-order valence-electron chi connectivity index (χ3n) is 4.38. The average molecular weight is 425 g/mol. The summed E-state index contributed by atoms with van der Waals surface area (Å²) in [6.07, 6.45) is 0.525. The van der Waals surface area contributed by atoms with E-state index in [-0.39, 0.29) is 17.8 Å². The normalized spacial score (nSPS) is 11.7. The number of hydrogen-bond donors (Lipinski definition) is 3. The summed E-state index contributed by atoms with van der Waals surface area (Å²) in [7, 11) is 0. The molecule has 0 fully saturated rings. The molecule has 0 saturated heterocycles. The predicted molar refractivity (Wildman–Crippen MR) is 119 cm³/mol. The fraction of sp³-hybridized carbons (Fsp3) is 0.238. The molecule has 30 heavy (non-hydrogen) atoms. The number of amides is 2. The van der Waals surface area contributed by atoms with E-state index in [4.69, 9.17) is 5.73 Å². The first-order valence-corrected chi connectivity index (χ1v) is 10.5. The minimum absolute atomic E-state index is 0.151. The van der Waals surface area contributed by atoms with Crippen LogP contribution in [0.5, 0.6) is 0 Å². The minimum Gasteiger partial charge on any atom is -0.368 e. The Morgan fingerprint density at radius 3 is 2.27 bits per heavy atom. The molecule has 3 aromatic rings. The molecule has 156 valence electrons. The van der Waals surface area contributed by atoms with Crippen LogP contribution in [0.15, 0.2) is 59.8 Å². The first-order chi connectivity index (χ1) is 14.5. The molecule has 3 rings (SSSR count). The monoisotopic (exact) mass is 424 g/mol. The number of thioether (sulfide) groups is 1. The smallest absolute Gasteiger partial charge is 0.247 e. The average Bonchev–Trinajstić information content (AvgIpc) is 3.09. The highest BCUT2D eigenvalue weighted by Gasteiger charge is 2.25. The first kappa shape index (κ1) is 21.4. The molecule has 2 amide bonds. The van der Waals surface area contributed by atoms with Gasteiger partial charge in [-0.15, -0.1) is 10.2 Å². The molecule has 2 aromatic carbocycles. The van der Waals surface area contributed by atoms with Gasteiger partial charge in [0.1, 0.15) is 6.04 Å². The molecule has 1 atom stereocenters. The molecule has 0 spiro atoms. The topological polar surface area (TPSA) is 115 Å². The molecule has 0 aliphatic heterocycles. The summed E-state index contributed by atoms with van der Waals surface area (Å²) in [5.74, 6) is 0.537. The Labute approximate surface area is 179 Å². The molecule has 0 bridgehead atoms. The Hall–Kier alpha value is -3.33. The van der Waals surface area contributed by atoms with Gasteiger partial charge in [0, 0.05) is 24.1 Å². The molecular formula is C21H24N6O2S. The van der Waals surface area contributed by atoms with Gasteiger partial charge in [0.25, 0.3) is 0 Å². The number of nitrogens with two attached hydrogens (primary N) is 1. The summed E-state index contributed by atoms with van der Waals surface area (Å²) in [6, 6.07) is 16.4. The maximum atomic E-state index is 13.0. The van der Waals surface area contributed by atoms with Gasteiger partial charge in [0.05, 0.1) is 0 Å². The van der Waals surface area contributed by atoms with Crippen molar-refractivity contribution in [2.45, 2.75) is 37.2 Å². The zero-order valence-electron chi connectivity index (χ0n) is 16.8. The third-order valence-corrected chi connectivity index (χ3v) is 5.39. The number of nitrogens with one attached hydrogen (secondary N) is 2. The van der Waals surface area contributed by atoms with Crippen LogP contribution >= 0.6 is 11.8 Å². The molecule has 8 nitrogen and oxygen atoms in total. The van der Waals surface area contributed by atoms with Crippen molar-refractivity contribution in [2.24, 2.45) is 0 Å². The van der Waals surface area contributed by atoms with Crippen molar-refractivity contribution in [3.63, 3.8) is 0 Å². The number of rotatable bonds is 8. The molecule has 9 heteroatoms. The van der Waals surface area contributed by atoms with E-state index in [1.165, 1.54) is 18.7 Å². The van der Waals surface area contributed by atoms with E-state index < -0.39 is 6.04 Å². The van der Waals surface area contributed by atoms with Crippen molar-refractivity contribution < 1.29 is 9.59 Å².